The fourth-order valence-electron chi connectivity index (χ4n) is 2.64. The molecule has 0 spiro atoms. The maximum atomic E-state index is 12.9. The number of benzene rings is 2. The lowest BCUT2D eigenvalue weighted by molar-refractivity contribution is -0.123. The predicted octanol–water partition coefficient (Wildman–Crippen LogP) is 2.44. The Morgan fingerprint density at radius 3 is 2.41 bits per heavy atom. The van der Waals surface area contributed by atoms with Crippen molar-refractivity contribution in [1.82, 2.24) is 10.6 Å². The number of sulfone groups is 1. The number of alkyl carbamates (subject to hydrolysis) is 1. The first kappa shape index (κ1) is 25.1. The average Bonchev–Trinajstić information content (AvgIpc) is 2.76. The van der Waals surface area contributed by atoms with Crippen molar-refractivity contribution in [3.8, 4) is 5.75 Å². The second-order valence-electron chi connectivity index (χ2n) is 7.12. The Morgan fingerprint density at radius 1 is 1.06 bits per heavy atom. The zero-order chi connectivity index (χ0) is 23.4. The van der Waals surface area contributed by atoms with Gasteiger partial charge in [-0.3, -0.25) is 4.79 Å². The minimum atomic E-state index is -3.33. The monoisotopic (exact) mass is 466 g/mol. The van der Waals surface area contributed by atoms with Crippen LogP contribution in [0.2, 0.25) is 0 Å². The van der Waals surface area contributed by atoms with Gasteiger partial charge in [-0.2, -0.15) is 0 Å². The zero-order valence-corrected chi connectivity index (χ0v) is 18.6. The molecule has 2 amide bonds. The molecular weight excluding hydrogens is 439 g/mol. The van der Waals surface area contributed by atoms with Crippen LogP contribution in [0.3, 0.4) is 0 Å². The molecule has 2 N–H and O–H groups in total. The predicted molar refractivity (Wildman–Crippen MR) is 117 cm³/mol. The first-order valence-electron chi connectivity index (χ1n) is 10.0. The quantitative estimate of drug-likeness (QED) is 0.465. The van der Waals surface area contributed by atoms with Crippen LogP contribution in [0.4, 0.5) is 9.18 Å². The molecule has 1 atom stereocenters. The summed E-state index contributed by atoms with van der Waals surface area (Å²) in [5, 5.41) is 5.08. The summed E-state index contributed by atoms with van der Waals surface area (Å²) in [4.78, 5) is 24.6. The lowest BCUT2D eigenvalue weighted by Gasteiger charge is -2.18. The van der Waals surface area contributed by atoms with Crippen molar-refractivity contribution in [1.29, 1.82) is 0 Å². The molecule has 0 aliphatic heterocycles. The van der Waals surface area contributed by atoms with Crippen molar-refractivity contribution in [2.24, 2.45) is 0 Å². The highest BCUT2D eigenvalue weighted by atomic mass is 32.2. The number of carbonyl (C=O) groups is 2. The van der Waals surface area contributed by atoms with Gasteiger partial charge in [0.25, 0.3) is 0 Å². The maximum absolute atomic E-state index is 12.9. The largest absolute Gasteiger partial charge is 0.494 e. The maximum Gasteiger partial charge on any atom is 0.408 e. The van der Waals surface area contributed by atoms with Gasteiger partial charge in [-0.25, -0.2) is 17.6 Å². The molecule has 0 saturated heterocycles. The summed E-state index contributed by atoms with van der Waals surface area (Å²) in [6.07, 6.45) is 0.613. The lowest BCUT2D eigenvalue weighted by Crippen LogP contribution is -2.48. The summed E-state index contributed by atoms with van der Waals surface area (Å²) in [5.74, 6) is -0.643. The van der Waals surface area contributed by atoms with Gasteiger partial charge in [-0.1, -0.05) is 30.3 Å². The second-order valence-corrected chi connectivity index (χ2v) is 9.38. The molecule has 0 radical (unpaired) electrons. The summed E-state index contributed by atoms with van der Waals surface area (Å²) < 4.78 is 46.4. The van der Waals surface area contributed by atoms with Crippen molar-refractivity contribution in [2.75, 3.05) is 25.2 Å². The minimum absolute atomic E-state index is 0.0216. The summed E-state index contributed by atoms with van der Waals surface area (Å²) in [7, 11) is -3.33. The first-order chi connectivity index (χ1) is 15.2. The highest BCUT2D eigenvalue weighted by molar-refractivity contribution is 7.90. The zero-order valence-electron chi connectivity index (χ0n) is 17.8. The highest BCUT2D eigenvalue weighted by Gasteiger charge is 2.23. The summed E-state index contributed by atoms with van der Waals surface area (Å²) in [6.45, 7) is 0.552. The molecule has 2 aromatic rings. The Kier molecular flexibility index (Phi) is 9.93. The van der Waals surface area contributed by atoms with E-state index < -0.39 is 27.9 Å². The molecule has 0 bridgehead atoms. The molecule has 0 aliphatic carbocycles. The summed E-state index contributed by atoms with van der Waals surface area (Å²) in [5.41, 5.74) is 0.779. The van der Waals surface area contributed by atoms with E-state index in [9.17, 15) is 22.4 Å². The van der Waals surface area contributed by atoms with Gasteiger partial charge >= 0.3 is 6.09 Å². The number of nitrogens with one attached hydrogen (secondary N) is 2. The average molecular weight is 467 g/mol. The number of amides is 2. The van der Waals surface area contributed by atoms with Gasteiger partial charge in [-0.05, 0) is 42.7 Å². The number of hydrogen-bond donors (Lipinski definition) is 2. The third-order valence-corrected chi connectivity index (χ3v) is 5.28. The number of hydrogen-bond acceptors (Lipinski definition) is 6. The van der Waals surface area contributed by atoms with E-state index in [1.807, 2.05) is 6.07 Å². The Bertz CT molecular complexity index is 968. The van der Waals surface area contributed by atoms with Crippen molar-refractivity contribution in [2.45, 2.75) is 25.5 Å². The van der Waals surface area contributed by atoms with Gasteiger partial charge < -0.3 is 20.1 Å². The molecule has 0 heterocycles. The third kappa shape index (κ3) is 10.3. The van der Waals surface area contributed by atoms with Crippen LogP contribution in [0, 0.1) is 5.82 Å². The van der Waals surface area contributed by atoms with Crippen LogP contribution >= 0.6 is 0 Å². The molecule has 0 saturated carbocycles. The van der Waals surface area contributed by atoms with E-state index in [1.165, 1.54) is 24.3 Å². The molecule has 2 aromatic carbocycles. The van der Waals surface area contributed by atoms with Gasteiger partial charge in [0.2, 0.25) is 5.91 Å². The van der Waals surface area contributed by atoms with Crippen LogP contribution in [-0.4, -0.2) is 51.6 Å². The Labute approximate surface area is 187 Å². The van der Waals surface area contributed by atoms with Crippen molar-refractivity contribution < 1.29 is 31.9 Å². The van der Waals surface area contributed by atoms with Gasteiger partial charge in [-0.15, -0.1) is 0 Å². The van der Waals surface area contributed by atoms with Gasteiger partial charge in [0.15, 0.2) is 0 Å². The van der Waals surface area contributed by atoms with E-state index in [1.54, 1.807) is 24.3 Å². The van der Waals surface area contributed by atoms with E-state index in [0.29, 0.717) is 12.2 Å². The summed E-state index contributed by atoms with van der Waals surface area (Å²) in [6, 6.07) is 13.5. The fraction of sp³-hybridized carbons (Fsp3) is 0.364. The van der Waals surface area contributed by atoms with Crippen molar-refractivity contribution >= 4 is 21.8 Å². The topological polar surface area (TPSA) is 111 Å². The molecule has 8 nitrogen and oxygen atoms in total. The molecule has 174 valence electrons. The van der Waals surface area contributed by atoms with E-state index >= 15 is 0 Å². The van der Waals surface area contributed by atoms with Crippen molar-refractivity contribution in [3.63, 3.8) is 0 Å². The molecule has 0 aromatic heterocycles. The molecule has 1 unspecified atom stereocenters. The smallest absolute Gasteiger partial charge is 0.408 e. The first-order valence-corrected chi connectivity index (χ1v) is 12.1. The number of carbonyl (C=O) groups excluding carboxylic acids is 2. The van der Waals surface area contributed by atoms with E-state index in [4.69, 9.17) is 9.47 Å². The normalized spacial score (nSPS) is 11.9. The molecule has 0 aliphatic rings. The molecule has 10 heteroatoms. The van der Waals surface area contributed by atoms with Crippen LogP contribution in [0.25, 0.3) is 0 Å². The highest BCUT2D eigenvalue weighted by Crippen LogP contribution is 2.11. The molecule has 2 rings (SSSR count). The molecule has 0 fully saturated rings. The van der Waals surface area contributed by atoms with E-state index in [-0.39, 0.29) is 37.7 Å². The van der Waals surface area contributed by atoms with Gasteiger partial charge in [0.1, 0.15) is 34.1 Å². The van der Waals surface area contributed by atoms with Crippen molar-refractivity contribution in [3.05, 3.63) is 66.0 Å². The third-order valence-electron chi connectivity index (χ3n) is 4.30. The SMILES string of the molecule is CS(=O)(=O)CCC(NC(=O)OCc1ccccc1)C(=O)NCCCOc1ccc(F)cc1. The molecular formula is C22H27FN2O6S. The Morgan fingerprint density at radius 2 is 1.75 bits per heavy atom. The molecule has 32 heavy (non-hydrogen) atoms. The van der Waals surface area contributed by atoms with Crippen LogP contribution in [-0.2, 0) is 26.0 Å². The number of halogens is 1. The van der Waals surface area contributed by atoms with Crippen LogP contribution in [0.15, 0.2) is 54.6 Å². The van der Waals surface area contributed by atoms with Crippen LogP contribution in [0.5, 0.6) is 5.75 Å². The van der Waals surface area contributed by atoms with Crippen LogP contribution < -0.4 is 15.4 Å². The van der Waals surface area contributed by atoms with E-state index in [2.05, 4.69) is 10.6 Å². The van der Waals surface area contributed by atoms with E-state index in [0.717, 1.165) is 11.8 Å². The Balaban J connectivity index is 1.79. The summed E-state index contributed by atoms with van der Waals surface area (Å²) >= 11 is 0. The van der Waals surface area contributed by atoms with Gasteiger partial charge in [0.05, 0.1) is 12.4 Å². The Hall–Kier alpha value is -3.14. The number of ether oxygens (including phenoxy) is 2. The van der Waals surface area contributed by atoms with Crippen LogP contribution in [0.1, 0.15) is 18.4 Å². The van der Waals surface area contributed by atoms with Gasteiger partial charge in [0, 0.05) is 12.8 Å². The standard InChI is InChI=1S/C22H27FN2O6S/c1-32(28,29)15-12-20(25-22(27)31-16-17-6-3-2-4-7-17)21(26)24-13-5-14-30-19-10-8-18(23)9-11-19/h2-4,6-11,20H,5,12-16H2,1H3,(H,24,26)(H,25,27). The lowest BCUT2D eigenvalue weighted by atomic mass is 10.2. The number of rotatable bonds is 12. The minimum Gasteiger partial charge on any atom is -0.494 e. The fourth-order valence-corrected chi connectivity index (χ4v) is 3.30. The second kappa shape index (κ2) is 12.7.